The number of rotatable bonds is 5. The number of methoxy groups -OCH3 is 1. The molecule has 0 unspecified atom stereocenters. The first kappa shape index (κ1) is 16.3. The molecule has 1 aromatic heterocycles. The molecule has 0 saturated heterocycles. The molecule has 6 nitrogen and oxygen atoms in total. The van der Waals surface area contributed by atoms with Crippen molar-refractivity contribution >= 4 is 17.9 Å². The van der Waals surface area contributed by atoms with Gasteiger partial charge in [-0.2, -0.15) is 5.10 Å². The van der Waals surface area contributed by atoms with Crippen LogP contribution in [0.15, 0.2) is 78.2 Å². The molecule has 2 aromatic carbocycles. The van der Waals surface area contributed by atoms with Gasteiger partial charge in [0.15, 0.2) is 0 Å². The number of nitrogens with zero attached hydrogens (tertiary/aromatic N) is 2. The van der Waals surface area contributed by atoms with Crippen molar-refractivity contribution < 1.29 is 9.53 Å². The van der Waals surface area contributed by atoms with Gasteiger partial charge in [-0.25, -0.2) is 10.2 Å². The Bertz CT molecular complexity index is 855. The van der Waals surface area contributed by atoms with E-state index in [2.05, 4.69) is 15.8 Å². The molecular formula is C19H18N4O2. The van der Waals surface area contributed by atoms with Crippen molar-refractivity contribution in [3.8, 4) is 11.4 Å². The molecule has 0 saturated carbocycles. The number of urea groups is 1. The Morgan fingerprint density at radius 1 is 1.08 bits per heavy atom. The fourth-order valence-corrected chi connectivity index (χ4v) is 2.25. The second kappa shape index (κ2) is 7.83. The molecule has 0 aliphatic carbocycles. The highest BCUT2D eigenvalue weighted by atomic mass is 16.5. The summed E-state index contributed by atoms with van der Waals surface area (Å²) >= 11 is 0. The predicted octanol–water partition coefficient (Wildman–Crippen LogP) is 3.64. The smallest absolute Gasteiger partial charge is 0.339 e. The molecule has 2 N–H and O–H groups in total. The zero-order valence-corrected chi connectivity index (χ0v) is 13.7. The minimum absolute atomic E-state index is 0.392. The number of aromatic nitrogens is 1. The third kappa shape index (κ3) is 4.48. The van der Waals surface area contributed by atoms with E-state index in [9.17, 15) is 4.79 Å². The van der Waals surface area contributed by atoms with Crippen LogP contribution in [-0.2, 0) is 0 Å². The van der Waals surface area contributed by atoms with E-state index in [0.717, 1.165) is 17.0 Å². The predicted molar refractivity (Wildman–Crippen MR) is 98.5 cm³/mol. The van der Waals surface area contributed by atoms with Crippen molar-refractivity contribution in [3.05, 3.63) is 78.6 Å². The molecule has 1 heterocycles. The minimum atomic E-state index is -0.392. The highest BCUT2D eigenvalue weighted by Crippen LogP contribution is 2.15. The van der Waals surface area contributed by atoms with Gasteiger partial charge in [-0.3, -0.25) is 0 Å². The Hall–Kier alpha value is -3.54. The van der Waals surface area contributed by atoms with Gasteiger partial charge in [-0.15, -0.1) is 0 Å². The summed E-state index contributed by atoms with van der Waals surface area (Å²) in [6.45, 7) is 0. The van der Waals surface area contributed by atoms with E-state index in [-0.39, 0.29) is 0 Å². The first-order chi connectivity index (χ1) is 12.2. The van der Waals surface area contributed by atoms with E-state index in [4.69, 9.17) is 4.74 Å². The number of para-hydroxylation sites is 1. The highest BCUT2D eigenvalue weighted by Gasteiger charge is 2.00. The second-order valence-corrected chi connectivity index (χ2v) is 5.24. The summed E-state index contributed by atoms with van der Waals surface area (Å²) in [5.74, 6) is 0.811. The zero-order chi connectivity index (χ0) is 17.5. The Morgan fingerprint density at radius 2 is 1.84 bits per heavy atom. The van der Waals surface area contributed by atoms with Gasteiger partial charge in [0.25, 0.3) is 0 Å². The van der Waals surface area contributed by atoms with Crippen LogP contribution in [0.3, 0.4) is 0 Å². The largest absolute Gasteiger partial charge is 0.497 e. The van der Waals surface area contributed by atoms with Crippen LogP contribution in [-0.4, -0.2) is 23.9 Å². The lowest BCUT2D eigenvalue weighted by Crippen LogP contribution is -2.24. The first-order valence-corrected chi connectivity index (χ1v) is 7.72. The van der Waals surface area contributed by atoms with Crippen molar-refractivity contribution in [3.63, 3.8) is 0 Å². The van der Waals surface area contributed by atoms with Crippen molar-refractivity contribution in [1.82, 2.24) is 9.99 Å². The van der Waals surface area contributed by atoms with E-state index in [0.29, 0.717) is 5.69 Å². The Kier molecular flexibility index (Phi) is 5.11. The van der Waals surface area contributed by atoms with Crippen molar-refractivity contribution in [1.29, 1.82) is 0 Å². The molecule has 3 aromatic rings. The average Bonchev–Trinajstić information content (AvgIpc) is 3.11. The molecule has 0 aliphatic heterocycles. The Labute approximate surface area is 145 Å². The van der Waals surface area contributed by atoms with Gasteiger partial charge in [-0.05, 0) is 42.5 Å². The van der Waals surface area contributed by atoms with Gasteiger partial charge in [0.1, 0.15) is 5.75 Å². The van der Waals surface area contributed by atoms with Gasteiger partial charge in [0, 0.05) is 29.3 Å². The van der Waals surface area contributed by atoms with Crippen molar-refractivity contribution in [2.45, 2.75) is 0 Å². The van der Waals surface area contributed by atoms with Crippen LogP contribution in [0.4, 0.5) is 10.5 Å². The summed E-state index contributed by atoms with van der Waals surface area (Å²) in [5.41, 5.74) is 5.03. The number of ether oxygens (including phenoxy) is 1. The molecule has 0 aliphatic rings. The fourth-order valence-electron chi connectivity index (χ4n) is 2.25. The highest BCUT2D eigenvalue weighted by molar-refractivity contribution is 5.90. The van der Waals surface area contributed by atoms with E-state index in [1.54, 1.807) is 25.5 Å². The number of carbonyl (C=O) groups excluding carboxylic acids is 1. The summed E-state index contributed by atoms with van der Waals surface area (Å²) in [6.07, 6.45) is 5.43. The van der Waals surface area contributed by atoms with Crippen LogP contribution in [0.2, 0.25) is 0 Å². The fraction of sp³-hybridized carbons (Fsp3) is 0.0526. The number of anilines is 1. The maximum Gasteiger partial charge on any atom is 0.339 e. The summed E-state index contributed by atoms with van der Waals surface area (Å²) < 4.78 is 7.11. The second-order valence-electron chi connectivity index (χ2n) is 5.24. The van der Waals surface area contributed by atoms with Gasteiger partial charge in [0.05, 0.1) is 13.3 Å². The SMILES string of the molecule is COc1ccc(-n2ccc(/C=N/NC(=O)Nc3ccccc3)c2)cc1. The number of benzene rings is 2. The zero-order valence-electron chi connectivity index (χ0n) is 13.7. The molecule has 3 rings (SSSR count). The molecule has 0 radical (unpaired) electrons. The lowest BCUT2D eigenvalue weighted by Gasteiger charge is -2.04. The lowest BCUT2D eigenvalue weighted by molar-refractivity contribution is 0.252. The van der Waals surface area contributed by atoms with Crippen molar-refractivity contribution in [2.24, 2.45) is 5.10 Å². The van der Waals surface area contributed by atoms with Gasteiger partial charge in [-0.1, -0.05) is 18.2 Å². The molecule has 0 atom stereocenters. The summed E-state index contributed by atoms with van der Waals surface area (Å²) in [7, 11) is 1.64. The summed E-state index contributed by atoms with van der Waals surface area (Å²) in [4.78, 5) is 11.7. The van der Waals surface area contributed by atoms with E-state index < -0.39 is 6.03 Å². The van der Waals surface area contributed by atoms with Crippen LogP contribution >= 0.6 is 0 Å². The average molecular weight is 334 g/mol. The molecular weight excluding hydrogens is 316 g/mol. The molecule has 25 heavy (non-hydrogen) atoms. The molecule has 6 heteroatoms. The normalized spacial score (nSPS) is 10.6. The Morgan fingerprint density at radius 3 is 2.56 bits per heavy atom. The van der Waals surface area contributed by atoms with Crippen LogP contribution in [0.25, 0.3) is 5.69 Å². The molecule has 0 bridgehead atoms. The van der Waals surface area contributed by atoms with E-state index >= 15 is 0 Å². The monoisotopic (exact) mass is 334 g/mol. The maximum absolute atomic E-state index is 11.7. The third-order valence-corrected chi connectivity index (χ3v) is 3.50. The quantitative estimate of drug-likeness (QED) is 0.552. The maximum atomic E-state index is 11.7. The van der Waals surface area contributed by atoms with Gasteiger partial charge < -0.3 is 14.6 Å². The molecule has 0 spiro atoms. The van der Waals surface area contributed by atoms with Crippen molar-refractivity contribution in [2.75, 3.05) is 12.4 Å². The third-order valence-electron chi connectivity index (χ3n) is 3.50. The number of carbonyl (C=O) groups is 1. The first-order valence-electron chi connectivity index (χ1n) is 7.72. The minimum Gasteiger partial charge on any atom is -0.497 e. The van der Waals surface area contributed by atoms with E-state index in [1.165, 1.54) is 0 Å². The molecule has 2 amide bonds. The Balaban J connectivity index is 1.57. The van der Waals surface area contributed by atoms with Crippen LogP contribution in [0.5, 0.6) is 5.75 Å². The standard InChI is InChI=1S/C19H18N4O2/c1-25-18-9-7-17(8-10-18)23-12-11-15(14-23)13-20-22-19(24)21-16-5-3-2-4-6-16/h2-14H,1H3,(H2,21,22,24)/b20-13+. The van der Waals surface area contributed by atoms with Gasteiger partial charge >= 0.3 is 6.03 Å². The van der Waals surface area contributed by atoms with Crippen LogP contribution in [0.1, 0.15) is 5.56 Å². The van der Waals surface area contributed by atoms with Crippen LogP contribution in [0, 0.1) is 0 Å². The number of hydrogen-bond acceptors (Lipinski definition) is 3. The molecule has 0 fully saturated rings. The van der Waals surface area contributed by atoms with Crippen LogP contribution < -0.4 is 15.5 Å². The number of hydrazone groups is 1. The number of amides is 2. The summed E-state index contributed by atoms with van der Waals surface area (Å²) in [5, 5.41) is 6.64. The van der Waals surface area contributed by atoms with Gasteiger partial charge in [0.2, 0.25) is 0 Å². The lowest BCUT2D eigenvalue weighted by atomic mass is 10.3. The van der Waals surface area contributed by atoms with E-state index in [1.807, 2.05) is 65.5 Å². The number of hydrogen-bond donors (Lipinski definition) is 2. The topological polar surface area (TPSA) is 67.6 Å². The number of nitrogens with one attached hydrogen (secondary N) is 2. The summed E-state index contributed by atoms with van der Waals surface area (Å²) in [6, 6.07) is 18.4. The molecule has 126 valence electrons.